The van der Waals surface area contributed by atoms with Crippen LogP contribution in [0.4, 0.5) is 0 Å². The van der Waals surface area contributed by atoms with Gasteiger partial charge in [0.2, 0.25) is 0 Å². The molecule has 4 heteroatoms. The number of carbonyl (C=O) groups is 1. The van der Waals surface area contributed by atoms with Crippen molar-refractivity contribution >= 4 is 29.2 Å². The van der Waals surface area contributed by atoms with Crippen LogP contribution < -0.4 is 0 Å². The number of aliphatic carboxylic acids is 1. The number of rotatable bonds is 1. The predicted molar refractivity (Wildman–Crippen MR) is 61.2 cm³/mol. The van der Waals surface area contributed by atoms with Crippen LogP contribution in [0.1, 0.15) is 6.92 Å². The molecule has 0 fully saturated rings. The quantitative estimate of drug-likeness (QED) is 0.761. The number of carboxylic acid groups (broad SMARTS) is 1. The first-order valence-corrected chi connectivity index (χ1v) is 5.03. The summed E-state index contributed by atoms with van der Waals surface area (Å²) in [7, 11) is 0. The molecule has 14 heavy (non-hydrogen) atoms. The number of alkyl halides is 2. The van der Waals surface area contributed by atoms with E-state index in [2.05, 4.69) is 0 Å². The van der Waals surface area contributed by atoms with Crippen molar-refractivity contribution in [3.8, 4) is 0 Å². The SMILES string of the molecule is CC(=O)O.ClCCCl.c1ccccc1. The van der Waals surface area contributed by atoms with Gasteiger partial charge in [0.15, 0.2) is 0 Å². The van der Waals surface area contributed by atoms with Gasteiger partial charge in [0.1, 0.15) is 0 Å². The van der Waals surface area contributed by atoms with Crippen LogP contribution in [0.5, 0.6) is 0 Å². The second-order valence-electron chi connectivity index (χ2n) is 2.05. The van der Waals surface area contributed by atoms with Crippen molar-refractivity contribution in [3.63, 3.8) is 0 Å². The number of hydrogen-bond donors (Lipinski definition) is 1. The highest BCUT2D eigenvalue weighted by atomic mass is 35.5. The molecule has 0 aliphatic heterocycles. The highest BCUT2D eigenvalue weighted by molar-refractivity contribution is 6.25. The minimum atomic E-state index is -0.833. The van der Waals surface area contributed by atoms with Crippen molar-refractivity contribution in [2.75, 3.05) is 11.8 Å². The standard InChI is InChI=1S/C6H6.C2H4Cl2.C2H4O2/c1-2-4-6-5-3-1;3-1-2-4;1-2(3)4/h1-6H;1-2H2;1H3,(H,3,4). The second kappa shape index (κ2) is 14.8. The van der Waals surface area contributed by atoms with Crippen LogP contribution in [0.2, 0.25) is 0 Å². The van der Waals surface area contributed by atoms with Crippen molar-refractivity contribution in [2.45, 2.75) is 6.92 Å². The molecule has 1 aromatic carbocycles. The van der Waals surface area contributed by atoms with E-state index < -0.39 is 5.97 Å². The summed E-state index contributed by atoms with van der Waals surface area (Å²) in [6, 6.07) is 12.0. The first-order valence-electron chi connectivity index (χ1n) is 3.96. The third kappa shape index (κ3) is 30.2. The van der Waals surface area contributed by atoms with Crippen LogP contribution in [0, 0.1) is 0 Å². The van der Waals surface area contributed by atoms with Crippen molar-refractivity contribution in [1.29, 1.82) is 0 Å². The molecule has 0 radical (unpaired) electrons. The molecule has 0 saturated heterocycles. The maximum atomic E-state index is 9.00. The largest absolute Gasteiger partial charge is 0.481 e. The van der Waals surface area contributed by atoms with Crippen molar-refractivity contribution in [3.05, 3.63) is 36.4 Å². The molecule has 0 aliphatic carbocycles. The van der Waals surface area contributed by atoms with E-state index in [1.54, 1.807) is 0 Å². The average Bonchev–Trinajstić information content (AvgIpc) is 2.20. The molecule has 1 aromatic rings. The fraction of sp³-hybridized carbons (Fsp3) is 0.300. The number of benzene rings is 1. The summed E-state index contributed by atoms with van der Waals surface area (Å²) in [5, 5.41) is 7.42. The van der Waals surface area contributed by atoms with Gasteiger partial charge in [0, 0.05) is 18.7 Å². The summed E-state index contributed by atoms with van der Waals surface area (Å²) < 4.78 is 0. The number of hydrogen-bond acceptors (Lipinski definition) is 1. The van der Waals surface area contributed by atoms with Gasteiger partial charge in [-0.25, -0.2) is 0 Å². The molecular weight excluding hydrogens is 223 g/mol. The van der Waals surface area contributed by atoms with Crippen LogP contribution in [-0.2, 0) is 4.79 Å². The van der Waals surface area contributed by atoms with Crippen molar-refractivity contribution in [1.82, 2.24) is 0 Å². The van der Waals surface area contributed by atoms with Gasteiger partial charge in [-0.2, -0.15) is 0 Å². The topological polar surface area (TPSA) is 37.3 Å². The van der Waals surface area contributed by atoms with Crippen LogP contribution >= 0.6 is 23.2 Å². The highest BCUT2D eigenvalue weighted by Crippen LogP contribution is 1.79. The van der Waals surface area contributed by atoms with Gasteiger partial charge in [-0.05, 0) is 0 Å². The fourth-order valence-corrected chi connectivity index (χ4v) is 0.385. The summed E-state index contributed by atoms with van der Waals surface area (Å²) >= 11 is 10.1. The van der Waals surface area contributed by atoms with Crippen LogP contribution in [0.3, 0.4) is 0 Å². The zero-order valence-corrected chi connectivity index (χ0v) is 9.50. The Kier molecular flexibility index (Phi) is 16.6. The average molecular weight is 237 g/mol. The van der Waals surface area contributed by atoms with Gasteiger partial charge in [-0.1, -0.05) is 36.4 Å². The van der Waals surface area contributed by atoms with Crippen LogP contribution in [0.25, 0.3) is 0 Å². The maximum absolute atomic E-state index is 9.00. The van der Waals surface area contributed by atoms with Crippen LogP contribution in [-0.4, -0.2) is 22.8 Å². The van der Waals surface area contributed by atoms with E-state index in [1.165, 1.54) is 0 Å². The molecule has 0 atom stereocenters. The van der Waals surface area contributed by atoms with Gasteiger partial charge in [-0.3, -0.25) is 4.79 Å². The van der Waals surface area contributed by atoms with E-state index in [0.29, 0.717) is 11.8 Å². The lowest BCUT2D eigenvalue weighted by atomic mass is 10.4. The Morgan fingerprint density at radius 3 is 1.21 bits per heavy atom. The maximum Gasteiger partial charge on any atom is 0.300 e. The summed E-state index contributed by atoms with van der Waals surface area (Å²) in [4.78, 5) is 9.00. The summed E-state index contributed by atoms with van der Waals surface area (Å²) in [5.74, 6) is 0.281. The van der Waals surface area contributed by atoms with Gasteiger partial charge in [0.25, 0.3) is 5.97 Å². The highest BCUT2D eigenvalue weighted by Gasteiger charge is 1.65. The van der Waals surface area contributed by atoms with E-state index >= 15 is 0 Å². The molecule has 0 saturated carbocycles. The van der Waals surface area contributed by atoms with Crippen molar-refractivity contribution < 1.29 is 9.90 Å². The monoisotopic (exact) mass is 236 g/mol. The zero-order valence-electron chi connectivity index (χ0n) is 7.99. The van der Waals surface area contributed by atoms with E-state index in [0.717, 1.165) is 6.92 Å². The van der Waals surface area contributed by atoms with Gasteiger partial charge >= 0.3 is 0 Å². The Bertz CT molecular complexity index is 170. The molecule has 0 unspecified atom stereocenters. The summed E-state index contributed by atoms with van der Waals surface area (Å²) in [6.45, 7) is 1.08. The third-order valence-electron chi connectivity index (χ3n) is 0.738. The predicted octanol–water partition coefficient (Wildman–Crippen LogP) is 3.24. The third-order valence-corrected chi connectivity index (χ3v) is 1.31. The molecular formula is C10H14Cl2O2. The number of halogens is 2. The molecule has 1 N–H and O–H groups in total. The Morgan fingerprint density at radius 1 is 1.00 bits per heavy atom. The van der Waals surface area contributed by atoms with Gasteiger partial charge < -0.3 is 5.11 Å². The molecule has 2 nitrogen and oxygen atoms in total. The van der Waals surface area contributed by atoms with Crippen molar-refractivity contribution in [2.24, 2.45) is 0 Å². The molecule has 0 aromatic heterocycles. The Hall–Kier alpha value is -0.730. The lowest BCUT2D eigenvalue weighted by molar-refractivity contribution is -0.134. The van der Waals surface area contributed by atoms with E-state index in [9.17, 15) is 0 Å². The normalized spacial score (nSPS) is 7.36. The molecule has 0 amide bonds. The molecule has 1 rings (SSSR count). The fourth-order valence-electron chi connectivity index (χ4n) is 0.385. The lowest BCUT2D eigenvalue weighted by Gasteiger charge is -1.69. The minimum absolute atomic E-state index is 0.557. The second-order valence-corrected chi connectivity index (χ2v) is 2.81. The zero-order chi connectivity index (χ0) is 11.2. The molecule has 0 bridgehead atoms. The minimum Gasteiger partial charge on any atom is -0.481 e. The van der Waals surface area contributed by atoms with E-state index in [-0.39, 0.29) is 0 Å². The van der Waals surface area contributed by atoms with Gasteiger partial charge in [0.05, 0.1) is 0 Å². The Labute approximate surface area is 94.5 Å². The first-order chi connectivity index (χ1) is 6.65. The summed E-state index contributed by atoms with van der Waals surface area (Å²) in [5.41, 5.74) is 0. The number of carboxylic acids is 1. The lowest BCUT2D eigenvalue weighted by Crippen LogP contribution is -1.78. The Balaban J connectivity index is 0. The van der Waals surface area contributed by atoms with E-state index in [1.807, 2.05) is 36.4 Å². The Morgan fingerprint density at radius 2 is 1.14 bits per heavy atom. The summed E-state index contributed by atoms with van der Waals surface area (Å²) in [6.07, 6.45) is 0. The smallest absolute Gasteiger partial charge is 0.300 e. The molecule has 0 aliphatic rings. The van der Waals surface area contributed by atoms with E-state index in [4.69, 9.17) is 33.1 Å². The molecule has 80 valence electrons. The van der Waals surface area contributed by atoms with Gasteiger partial charge in [-0.15, -0.1) is 23.2 Å². The van der Waals surface area contributed by atoms with Crippen LogP contribution in [0.15, 0.2) is 36.4 Å². The molecule has 0 spiro atoms. The molecule has 0 heterocycles. The first kappa shape index (κ1) is 15.7.